The molecule has 0 fully saturated rings. The molecule has 2 aromatic carbocycles. The van der Waals surface area contributed by atoms with Crippen molar-refractivity contribution in [2.75, 3.05) is 7.05 Å². The molecule has 0 amide bonds. The third kappa shape index (κ3) is 2.54. The number of nitrogens with zero attached hydrogens (tertiary/aromatic N) is 2. The van der Waals surface area contributed by atoms with E-state index in [1.54, 1.807) is 0 Å². The van der Waals surface area contributed by atoms with E-state index in [4.69, 9.17) is 0 Å². The highest BCUT2D eigenvalue weighted by Gasteiger charge is 2.48. The monoisotopic (exact) mass is 335 g/mol. The van der Waals surface area contributed by atoms with Crippen LogP contribution in [0.25, 0.3) is 10.8 Å². The molecule has 132 valence electrons. The molecular formula is C23H31N2+. The number of benzene rings is 2. The Bertz CT molecular complexity index is 890. The van der Waals surface area contributed by atoms with E-state index in [9.17, 15) is 0 Å². The third-order valence-electron chi connectivity index (χ3n) is 6.20. The van der Waals surface area contributed by atoms with Crippen molar-refractivity contribution in [3.05, 3.63) is 47.0 Å². The van der Waals surface area contributed by atoms with Gasteiger partial charge in [-0.3, -0.25) is 0 Å². The average molecular weight is 336 g/mol. The Balaban J connectivity index is 2.50. The summed E-state index contributed by atoms with van der Waals surface area (Å²) in [6.07, 6.45) is 4.23. The van der Waals surface area contributed by atoms with Gasteiger partial charge >= 0.3 is 0 Å². The van der Waals surface area contributed by atoms with Crippen molar-refractivity contribution >= 4 is 23.3 Å². The van der Waals surface area contributed by atoms with Gasteiger partial charge in [0.05, 0.1) is 6.21 Å². The molecule has 0 aliphatic carbocycles. The number of hydrogen-bond donors (Lipinski definition) is 0. The second kappa shape index (κ2) is 5.52. The standard InChI is InChI=1S/C23H31N2/c1-21(2,3)19-13-16-14-25(15-24-8)23(6,7)22(4,5)20(16)18-12-10-9-11-17(18)19/h9-15H,1-8H3/q+1/b24-15-. The number of fused-ring (bicyclic) bond motifs is 3. The molecule has 0 spiro atoms. The molecule has 1 aliphatic heterocycles. The van der Waals surface area contributed by atoms with Gasteiger partial charge in [-0.2, -0.15) is 0 Å². The van der Waals surface area contributed by atoms with Gasteiger partial charge in [0.1, 0.15) is 12.6 Å². The van der Waals surface area contributed by atoms with Crippen molar-refractivity contribution in [1.29, 1.82) is 0 Å². The average Bonchev–Trinajstić information content (AvgIpc) is 2.51. The zero-order chi connectivity index (χ0) is 18.6. The van der Waals surface area contributed by atoms with Crippen LogP contribution in [0, 0.1) is 0 Å². The Labute approximate surface area is 152 Å². The van der Waals surface area contributed by atoms with Gasteiger partial charge in [-0.25, -0.2) is 4.58 Å². The fraction of sp³-hybridized carbons (Fsp3) is 0.478. The van der Waals surface area contributed by atoms with Gasteiger partial charge in [0.2, 0.25) is 0 Å². The highest BCUT2D eigenvalue weighted by Crippen LogP contribution is 2.46. The second-order valence-corrected chi connectivity index (χ2v) is 9.28. The highest BCUT2D eigenvalue weighted by molar-refractivity contribution is 5.98. The first-order valence-corrected chi connectivity index (χ1v) is 9.14. The number of rotatable bonds is 1. The molecule has 0 atom stereocenters. The first kappa shape index (κ1) is 17.8. The summed E-state index contributed by atoms with van der Waals surface area (Å²) in [5.74, 6) is 0. The number of aliphatic imine (C=N–C) groups is 1. The van der Waals surface area contributed by atoms with Crippen LogP contribution in [0.2, 0.25) is 0 Å². The van der Waals surface area contributed by atoms with E-state index in [-0.39, 0.29) is 16.4 Å². The highest BCUT2D eigenvalue weighted by atomic mass is 15.1. The molecule has 2 heteroatoms. The van der Waals surface area contributed by atoms with Crippen LogP contribution >= 0.6 is 0 Å². The van der Waals surface area contributed by atoms with Gasteiger partial charge < -0.3 is 0 Å². The molecule has 3 rings (SSSR count). The lowest BCUT2D eigenvalue weighted by atomic mass is 9.64. The van der Waals surface area contributed by atoms with E-state index in [0.717, 1.165) is 0 Å². The third-order valence-corrected chi connectivity index (χ3v) is 6.20. The summed E-state index contributed by atoms with van der Waals surface area (Å²) in [4.78, 5) is 4.30. The molecule has 25 heavy (non-hydrogen) atoms. The molecule has 1 heterocycles. The molecule has 0 bridgehead atoms. The van der Waals surface area contributed by atoms with Crippen molar-refractivity contribution in [3.63, 3.8) is 0 Å². The minimum Gasteiger partial charge on any atom is -0.231 e. The van der Waals surface area contributed by atoms with Crippen LogP contribution in [-0.2, 0) is 10.8 Å². The quantitative estimate of drug-likeness (QED) is 0.382. The summed E-state index contributed by atoms with van der Waals surface area (Å²) in [7, 11) is 1.84. The van der Waals surface area contributed by atoms with Crippen LogP contribution < -0.4 is 0 Å². The van der Waals surface area contributed by atoms with Crippen LogP contribution in [0.15, 0.2) is 35.3 Å². The first-order valence-electron chi connectivity index (χ1n) is 9.14. The van der Waals surface area contributed by atoms with E-state index in [0.29, 0.717) is 0 Å². The summed E-state index contributed by atoms with van der Waals surface area (Å²) in [6.45, 7) is 16.2. The predicted molar refractivity (Wildman–Crippen MR) is 110 cm³/mol. The lowest BCUT2D eigenvalue weighted by Crippen LogP contribution is -2.54. The van der Waals surface area contributed by atoms with E-state index in [2.05, 4.69) is 94.6 Å². The Hall–Kier alpha value is -1.96. The van der Waals surface area contributed by atoms with Crippen molar-refractivity contribution in [3.8, 4) is 0 Å². The van der Waals surface area contributed by atoms with Gasteiger partial charge in [-0.1, -0.05) is 63.9 Å². The second-order valence-electron chi connectivity index (χ2n) is 9.28. The van der Waals surface area contributed by atoms with Crippen molar-refractivity contribution < 1.29 is 4.58 Å². The van der Waals surface area contributed by atoms with Gasteiger partial charge in [0.15, 0.2) is 0 Å². The lowest BCUT2D eigenvalue weighted by Gasteiger charge is -2.45. The molecule has 2 nitrogen and oxygen atoms in total. The number of hydrogen-bond acceptors (Lipinski definition) is 1. The largest absolute Gasteiger partial charge is 0.280 e. The molecule has 0 aromatic heterocycles. The Morgan fingerprint density at radius 2 is 1.60 bits per heavy atom. The van der Waals surface area contributed by atoms with Crippen LogP contribution in [0.1, 0.15) is 65.2 Å². The maximum atomic E-state index is 4.30. The Morgan fingerprint density at radius 3 is 2.16 bits per heavy atom. The Kier molecular flexibility index (Phi) is 3.94. The summed E-state index contributed by atoms with van der Waals surface area (Å²) < 4.78 is 2.27. The molecule has 0 radical (unpaired) electrons. The SMILES string of the molecule is C/N=C\[N+]1=Cc2cc(C(C)(C)C)c3ccccc3c2C(C)(C)C1(C)C. The lowest BCUT2D eigenvalue weighted by molar-refractivity contribution is -0.502. The van der Waals surface area contributed by atoms with Crippen LogP contribution in [0.3, 0.4) is 0 Å². The molecule has 0 N–H and O–H groups in total. The summed E-state index contributed by atoms with van der Waals surface area (Å²) in [6, 6.07) is 11.3. The van der Waals surface area contributed by atoms with Crippen LogP contribution in [0.5, 0.6) is 0 Å². The zero-order valence-corrected chi connectivity index (χ0v) is 16.9. The molecule has 0 unspecified atom stereocenters. The van der Waals surface area contributed by atoms with E-state index < -0.39 is 0 Å². The van der Waals surface area contributed by atoms with Crippen LogP contribution in [0.4, 0.5) is 0 Å². The summed E-state index contributed by atoms with van der Waals surface area (Å²) >= 11 is 0. The topological polar surface area (TPSA) is 15.4 Å². The Morgan fingerprint density at radius 1 is 1.00 bits per heavy atom. The van der Waals surface area contributed by atoms with E-state index >= 15 is 0 Å². The molecule has 0 saturated heterocycles. The fourth-order valence-corrected chi connectivity index (χ4v) is 4.06. The van der Waals surface area contributed by atoms with Gasteiger partial charge in [0, 0.05) is 11.0 Å². The minimum atomic E-state index is -0.0640. The van der Waals surface area contributed by atoms with E-state index in [1.165, 1.54) is 27.5 Å². The summed E-state index contributed by atoms with van der Waals surface area (Å²) in [5, 5.41) is 2.76. The van der Waals surface area contributed by atoms with E-state index in [1.807, 2.05) is 13.4 Å². The normalized spacial score (nSPS) is 19.1. The minimum absolute atomic E-state index is 0.0196. The predicted octanol–water partition coefficient (Wildman–Crippen LogP) is 5.30. The molecule has 0 saturated carbocycles. The molecule has 1 aliphatic rings. The van der Waals surface area contributed by atoms with Gasteiger partial charge in [-0.15, -0.1) is 0 Å². The van der Waals surface area contributed by atoms with Gasteiger partial charge in [0.25, 0.3) is 6.34 Å². The van der Waals surface area contributed by atoms with Crippen molar-refractivity contribution in [2.45, 2.75) is 64.8 Å². The maximum absolute atomic E-state index is 4.30. The van der Waals surface area contributed by atoms with Crippen molar-refractivity contribution in [1.82, 2.24) is 0 Å². The fourth-order valence-electron chi connectivity index (χ4n) is 4.06. The van der Waals surface area contributed by atoms with Crippen molar-refractivity contribution in [2.24, 2.45) is 4.99 Å². The summed E-state index contributed by atoms with van der Waals surface area (Å²) in [5.41, 5.74) is 4.18. The van der Waals surface area contributed by atoms with Gasteiger partial charge in [-0.05, 0) is 47.2 Å². The smallest absolute Gasteiger partial charge is 0.231 e. The van der Waals surface area contributed by atoms with Crippen LogP contribution in [-0.4, -0.2) is 29.7 Å². The zero-order valence-electron chi connectivity index (χ0n) is 16.9. The molecule has 2 aromatic rings. The molecular weight excluding hydrogens is 304 g/mol. The maximum Gasteiger partial charge on any atom is 0.280 e. The first-order chi connectivity index (χ1) is 11.5.